The second-order valence-electron chi connectivity index (χ2n) is 6.31. The molecule has 2 rings (SSSR count). The van der Waals surface area contributed by atoms with Crippen molar-refractivity contribution in [3.05, 3.63) is 11.4 Å². The molecule has 1 aliphatic carbocycles. The molecule has 106 valence electrons. The third kappa shape index (κ3) is 2.58. The molecule has 0 spiro atoms. The first kappa shape index (κ1) is 13.9. The second kappa shape index (κ2) is 4.23. The maximum Gasteiger partial charge on any atom is 0.274 e. The van der Waals surface area contributed by atoms with Gasteiger partial charge in [-0.15, -0.1) is 0 Å². The summed E-state index contributed by atoms with van der Waals surface area (Å²) in [4.78, 5) is 12.2. The van der Waals surface area contributed by atoms with Crippen LogP contribution in [0.5, 0.6) is 0 Å². The molecule has 1 saturated carbocycles. The fourth-order valence-corrected chi connectivity index (χ4v) is 1.72. The van der Waals surface area contributed by atoms with Gasteiger partial charge in [-0.1, -0.05) is 0 Å². The number of rotatable bonds is 4. The predicted molar refractivity (Wildman–Crippen MR) is 72.8 cm³/mol. The Morgan fingerprint density at radius 1 is 1.42 bits per heavy atom. The highest BCUT2D eigenvalue weighted by molar-refractivity contribution is 5.98. The van der Waals surface area contributed by atoms with Gasteiger partial charge in [0, 0.05) is 5.92 Å². The molecule has 19 heavy (non-hydrogen) atoms. The molecule has 0 aliphatic heterocycles. The first-order valence-electron chi connectivity index (χ1n) is 6.52. The van der Waals surface area contributed by atoms with Crippen molar-refractivity contribution in [1.29, 1.82) is 0 Å². The number of H-pyrrole nitrogens is 1. The molecule has 1 amide bonds. The molecule has 0 bridgehead atoms. The van der Waals surface area contributed by atoms with Crippen LogP contribution in [0.15, 0.2) is 0 Å². The van der Waals surface area contributed by atoms with Gasteiger partial charge in [0.15, 0.2) is 5.69 Å². The molecule has 6 heteroatoms. The second-order valence-corrected chi connectivity index (χ2v) is 6.31. The number of nitrogens with two attached hydrogens (primary N) is 1. The SMILES string of the molecule is CC(C)(O)C(C)(C)NC(=O)c1n[nH]c(C2CC2)c1N. The summed E-state index contributed by atoms with van der Waals surface area (Å²) in [5, 5.41) is 19.7. The Labute approximate surface area is 112 Å². The van der Waals surface area contributed by atoms with E-state index < -0.39 is 11.1 Å². The van der Waals surface area contributed by atoms with Gasteiger partial charge in [0.1, 0.15) is 0 Å². The zero-order valence-electron chi connectivity index (χ0n) is 11.9. The van der Waals surface area contributed by atoms with Crippen molar-refractivity contribution in [2.75, 3.05) is 5.73 Å². The van der Waals surface area contributed by atoms with Crippen LogP contribution in [0.4, 0.5) is 5.69 Å². The lowest BCUT2D eigenvalue weighted by Crippen LogP contribution is -2.57. The van der Waals surface area contributed by atoms with E-state index in [1.54, 1.807) is 27.7 Å². The molecule has 1 fully saturated rings. The third-order valence-electron chi connectivity index (χ3n) is 3.99. The van der Waals surface area contributed by atoms with E-state index in [4.69, 9.17) is 5.73 Å². The minimum absolute atomic E-state index is 0.208. The number of aliphatic hydroxyl groups is 1. The number of anilines is 1. The average Bonchev–Trinajstić information content (AvgIpc) is 3.00. The summed E-state index contributed by atoms with van der Waals surface area (Å²) >= 11 is 0. The van der Waals surface area contributed by atoms with Gasteiger partial charge in [-0.05, 0) is 40.5 Å². The van der Waals surface area contributed by atoms with E-state index >= 15 is 0 Å². The number of aromatic amines is 1. The number of nitrogens with zero attached hydrogens (tertiary/aromatic N) is 1. The van der Waals surface area contributed by atoms with Crippen LogP contribution in [-0.2, 0) is 0 Å². The van der Waals surface area contributed by atoms with Crippen LogP contribution in [0.2, 0.25) is 0 Å². The highest BCUT2D eigenvalue weighted by Crippen LogP contribution is 2.42. The van der Waals surface area contributed by atoms with Crippen molar-refractivity contribution in [3.8, 4) is 0 Å². The molecule has 0 radical (unpaired) electrons. The summed E-state index contributed by atoms with van der Waals surface area (Å²) in [6.07, 6.45) is 2.17. The number of amides is 1. The number of aromatic nitrogens is 2. The summed E-state index contributed by atoms with van der Waals surface area (Å²) in [7, 11) is 0. The summed E-state index contributed by atoms with van der Waals surface area (Å²) in [5.41, 5.74) is 5.61. The van der Waals surface area contributed by atoms with Gasteiger partial charge in [0.05, 0.1) is 22.5 Å². The van der Waals surface area contributed by atoms with E-state index in [2.05, 4.69) is 15.5 Å². The van der Waals surface area contributed by atoms with Crippen LogP contribution < -0.4 is 11.1 Å². The lowest BCUT2D eigenvalue weighted by molar-refractivity contribution is -0.00300. The fourth-order valence-electron chi connectivity index (χ4n) is 1.72. The maximum atomic E-state index is 12.2. The number of carbonyl (C=O) groups is 1. The monoisotopic (exact) mass is 266 g/mol. The molecule has 0 aromatic carbocycles. The zero-order valence-corrected chi connectivity index (χ0v) is 11.9. The topological polar surface area (TPSA) is 104 Å². The van der Waals surface area contributed by atoms with E-state index in [0.717, 1.165) is 18.5 Å². The molecular formula is C13H22N4O2. The minimum atomic E-state index is -1.05. The summed E-state index contributed by atoms with van der Waals surface area (Å²) in [6, 6.07) is 0. The number of hydrogen-bond donors (Lipinski definition) is 4. The molecule has 1 heterocycles. The highest BCUT2D eigenvalue weighted by Gasteiger charge is 2.38. The maximum absolute atomic E-state index is 12.2. The molecule has 0 atom stereocenters. The zero-order chi connectivity index (χ0) is 14.4. The minimum Gasteiger partial charge on any atom is -0.395 e. The fraction of sp³-hybridized carbons (Fsp3) is 0.692. The molecule has 1 aliphatic rings. The Kier molecular flexibility index (Phi) is 3.09. The lowest BCUT2D eigenvalue weighted by atomic mass is 9.86. The van der Waals surface area contributed by atoms with E-state index in [1.165, 1.54) is 0 Å². The van der Waals surface area contributed by atoms with Gasteiger partial charge >= 0.3 is 0 Å². The van der Waals surface area contributed by atoms with Crippen molar-refractivity contribution in [1.82, 2.24) is 15.5 Å². The van der Waals surface area contributed by atoms with Crippen LogP contribution in [0, 0.1) is 0 Å². The van der Waals surface area contributed by atoms with E-state index in [9.17, 15) is 9.90 Å². The third-order valence-corrected chi connectivity index (χ3v) is 3.99. The van der Waals surface area contributed by atoms with Crippen molar-refractivity contribution in [2.45, 2.75) is 57.6 Å². The van der Waals surface area contributed by atoms with Crippen LogP contribution >= 0.6 is 0 Å². The summed E-state index contributed by atoms with van der Waals surface area (Å²) in [6.45, 7) is 6.82. The number of hydrogen-bond acceptors (Lipinski definition) is 4. The first-order valence-corrected chi connectivity index (χ1v) is 6.52. The lowest BCUT2D eigenvalue weighted by Gasteiger charge is -2.37. The quantitative estimate of drug-likeness (QED) is 0.656. The summed E-state index contributed by atoms with van der Waals surface area (Å²) in [5.74, 6) is 0.0455. The van der Waals surface area contributed by atoms with E-state index in [1.807, 2.05) is 0 Å². The van der Waals surface area contributed by atoms with Gasteiger partial charge in [-0.25, -0.2) is 0 Å². The number of carbonyl (C=O) groups excluding carboxylic acids is 1. The molecule has 1 aromatic heterocycles. The Morgan fingerprint density at radius 3 is 2.47 bits per heavy atom. The highest BCUT2D eigenvalue weighted by atomic mass is 16.3. The summed E-state index contributed by atoms with van der Waals surface area (Å²) < 4.78 is 0. The predicted octanol–water partition coefficient (Wildman–Crippen LogP) is 1.15. The number of nitrogen functional groups attached to an aromatic ring is 1. The molecule has 6 nitrogen and oxygen atoms in total. The van der Waals surface area contributed by atoms with Gasteiger partial charge < -0.3 is 16.2 Å². The van der Waals surface area contributed by atoms with Crippen LogP contribution in [0.1, 0.15) is 62.6 Å². The van der Waals surface area contributed by atoms with Gasteiger partial charge in [-0.3, -0.25) is 9.89 Å². The molecule has 1 aromatic rings. The van der Waals surface area contributed by atoms with Crippen molar-refractivity contribution < 1.29 is 9.90 Å². The Morgan fingerprint density at radius 2 is 2.00 bits per heavy atom. The van der Waals surface area contributed by atoms with Crippen molar-refractivity contribution in [3.63, 3.8) is 0 Å². The normalized spacial score (nSPS) is 16.5. The van der Waals surface area contributed by atoms with E-state index in [-0.39, 0.29) is 11.6 Å². The molecule has 0 unspecified atom stereocenters. The van der Waals surface area contributed by atoms with E-state index in [0.29, 0.717) is 11.6 Å². The first-order chi connectivity index (χ1) is 8.63. The van der Waals surface area contributed by atoms with Gasteiger partial charge in [-0.2, -0.15) is 5.10 Å². The Balaban J connectivity index is 2.16. The smallest absolute Gasteiger partial charge is 0.274 e. The molecule has 5 N–H and O–H groups in total. The van der Waals surface area contributed by atoms with Crippen LogP contribution in [-0.4, -0.2) is 32.4 Å². The molecular weight excluding hydrogens is 244 g/mol. The average molecular weight is 266 g/mol. The van der Waals surface area contributed by atoms with Crippen LogP contribution in [0.3, 0.4) is 0 Å². The number of nitrogens with one attached hydrogen (secondary N) is 2. The largest absolute Gasteiger partial charge is 0.395 e. The Bertz CT molecular complexity index is 495. The van der Waals surface area contributed by atoms with Crippen LogP contribution in [0.25, 0.3) is 0 Å². The standard InChI is InChI=1S/C13H22N4O2/c1-12(2,13(3,4)19)15-11(18)10-8(14)9(16-17-10)7-5-6-7/h7,19H,5-6,14H2,1-4H3,(H,15,18)(H,16,17). The van der Waals surface area contributed by atoms with Gasteiger partial charge in [0.25, 0.3) is 5.91 Å². The van der Waals surface area contributed by atoms with Crippen molar-refractivity contribution in [2.24, 2.45) is 0 Å². The van der Waals surface area contributed by atoms with Crippen molar-refractivity contribution >= 4 is 11.6 Å². The van der Waals surface area contributed by atoms with Gasteiger partial charge in [0.2, 0.25) is 0 Å². The Hall–Kier alpha value is -1.56. The molecule has 0 saturated heterocycles.